The summed E-state index contributed by atoms with van der Waals surface area (Å²) in [6.07, 6.45) is 0. The summed E-state index contributed by atoms with van der Waals surface area (Å²) in [6, 6.07) is 10.5. The number of nitrogens with zero attached hydrogens (tertiary/aromatic N) is 2. The molecular weight excluding hydrogens is 275 g/mol. The molecule has 0 saturated heterocycles. The first-order valence-electron chi connectivity index (χ1n) is 6.25. The molecule has 100 valence electrons. The van der Waals surface area contributed by atoms with Gasteiger partial charge in [-0.05, 0) is 49.2 Å². The van der Waals surface area contributed by atoms with Crippen molar-refractivity contribution in [3.8, 4) is 11.4 Å². The molecule has 4 heteroatoms. The van der Waals surface area contributed by atoms with Crippen LogP contribution in [0.1, 0.15) is 11.1 Å². The third kappa shape index (κ3) is 2.25. The van der Waals surface area contributed by atoms with Gasteiger partial charge in [0.05, 0.1) is 5.52 Å². The largest absolute Gasteiger partial charge is 0.228 e. The highest BCUT2D eigenvalue weighted by Crippen LogP contribution is 2.27. The van der Waals surface area contributed by atoms with Gasteiger partial charge in [0.15, 0.2) is 5.82 Å². The van der Waals surface area contributed by atoms with Gasteiger partial charge >= 0.3 is 0 Å². The first-order chi connectivity index (χ1) is 9.54. The molecule has 0 bridgehead atoms. The maximum Gasteiger partial charge on any atom is 0.161 e. The molecule has 1 heterocycles. The minimum atomic E-state index is -0.301. The molecule has 0 atom stereocenters. The number of fused-ring (bicyclic) bond motifs is 1. The Morgan fingerprint density at radius 1 is 1.05 bits per heavy atom. The summed E-state index contributed by atoms with van der Waals surface area (Å²) in [4.78, 5) is 8.81. The van der Waals surface area contributed by atoms with Crippen molar-refractivity contribution >= 4 is 22.5 Å². The van der Waals surface area contributed by atoms with E-state index in [0.717, 1.165) is 22.0 Å². The molecule has 0 spiro atoms. The highest BCUT2D eigenvalue weighted by Gasteiger charge is 2.10. The lowest BCUT2D eigenvalue weighted by molar-refractivity contribution is 0.627. The Kier molecular flexibility index (Phi) is 3.14. The number of aromatic nitrogens is 2. The smallest absolute Gasteiger partial charge is 0.161 e. The first-order valence-corrected chi connectivity index (χ1v) is 6.63. The Morgan fingerprint density at radius 3 is 2.60 bits per heavy atom. The summed E-state index contributed by atoms with van der Waals surface area (Å²) in [5.74, 6) is 0.143. The molecule has 0 unspecified atom stereocenters. The quantitative estimate of drug-likeness (QED) is 0.606. The topological polar surface area (TPSA) is 25.8 Å². The fraction of sp³-hybridized carbons (Fsp3) is 0.125. The molecule has 1 aromatic heterocycles. The molecule has 0 N–H and O–H groups in total. The van der Waals surface area contributed by atoms with Crippen molar-refractivity contribution in [3.05, 3.63) is 58.5 Å². The van der Waals surface area contributed by atoms with Crippen LogP contribution in [0, 0.1) is 19.7 Å². The monoisotopic (exact) mass is 286 g/mol. The lowest BCUT2D eigenvalue weighted by Crippen LogP contribution is -1.94. The lowest BCUT2D eigenvalue weighted by atomic mass is 10.1. The van der Waals surface area contributed by atoms with Gasteiger partial charge in [-0.25, -0.2) is 14.4 Å². The summed E-state index contributed by atoms with van der Waals surface area (Å²) >= 11 is 6.22. The number of halogens is 2. The van der Waals surface area contributed by atoms with Crippen LogP contribution in [-0.4, -0.2) is 9.97 Å². The third-order valence-corrected chi connectivity index (χ3v) is 3.47. The summed E-state index contributed by atoms with van der Waals surface area (Å²) in [7, 11) is 0. The van der Waals surface area contributed by atoms with Crippen LogP contribution in [0.15, 0.2) is 36.4 Å². The van der Waals surface area contributed by atoms with Crippen LogP contribution < -0.4 is 0 Å². The Morgan fingerprint density at radius 2 is 1.85 bits per heavy atom. The summed E-state index contributed by atoms with van der Waals surface area (Å²) in [6.45, 7) is 3.80. The average molecular weight is 287 g/mol. The van der Waals surface area contributed by atoms with Crippen molar-refractivity contribution in [1.82, 2.24) is 9.97 Å². The second-order valence-corrected chi connectivity index (χ2v) is 5.18. The van der Waals surface area contributed by atoms with E-state index in [9.17, 15) is 4.39 Å². The molecule has 3 aromatic rings. The zero-order valence-corrected chi connectivity index (χ0v) is 11.9. The van der Waals surface area contributed by atoms with Crippen LogP contribution in [0.2, 0.25) is 5.15 Å². The number of hydrogen-bond donors (Lipinski definition) is 0. The van der Waals surface area contributed by atoms with Gasteiger partial charge in [0.25, 0.3) is 0 Å². The molecule has 0 fully saturated rings. The molecule has 0 aliphatic heterocycles. The van der Waals surface area contributed by atoms with E-state index in [1.165, 1.54) is 12.1 Å². The summed E-state index contributed by atoms with van der Waals surface area (Å²) in [5, 5.41) is 1.19. The van der Waals surface area contributed by atoms with E-state index in [2.05, 4.69) is 9.97 Å². The van der Waals surface area contributed by atoms with E-state index < -0.39 is 0 Å². The van der Waals surface area contributed by atoms with Gasteiger partial charge in [-0.2, -0.15) is 0 Å². The van der Waals surface area contributed by atoms with Crippen LogP contribution in [0.25, 0.3) is 22.3 Å². The lowest BCUT2D eigenvalue weighted by Gasteiger charge is -2.07. The molecule has 0 amide bonds. The zero-order valence-electron chi connectivity index (χ0n) is 11.1. The van der Waals surface area contributed by atoms with Crippen LogP contribution >= 0.6 is 11.6 Å². The fourth-order valence-electron chi connectivity index (χ4n) is 2.25. The molecule has 0 aliphatic rings. The normalized spacial score (nSPS) is 11.0. The zero-order chi connectivity index (χ0) is 14.3. The van der Waals surface area contributed by atoms with Crippen molar-refractivity contribution in [3.63, 3.8) is 0 Å². The Bertz CT molecular complexity index is 795. The van der Waals surface area contributed by atoms with Crippen LogP contribution in [0.4, 0.5) is 4.39 Å². The molecular formula is C16H12ClFN2. The second kappa shape index (κ2) is 4.84. The molecule has 0 aliphatic carbocycles. The maximum absolute atomic E-state index is 13.5. The van der Waals surface area contributed by atoms with Crippen LogP contribution in [0.3, 0.4) is 0 Å². The van der Waals surface area contributed by atoms with Gasteiger partial charge in [0, 0.05) is 10.9 Å². The standard InChI is InChI=1S/C16H12ClFN2/c1-9-6-11(8-12(18)7-9)16-19-14-10(2)4-3-5-13(14)15(17)20-16/h3-8H,1-2H3. The third-order valence-electron chi connectivity index (χ3n) is 3.18. The maximum atomic E-state index is 13.5. The van der Waals surface area contributed by atoms with Crippen molar-refractivity contribution < 1.29 is 4.39 Å². The van der Waals surface area contributed by atoms with Gasteiger partial charge in [0.1, 0.15) is 11.0 Å². The van der Waals surface area contributed by atoms with Gasteiger partial charge in [-0.3, -0.25) is 0 Å². The van der Waals surface area contributed by atoms with Crippen molar-refractivity contribution in [2.75, 3.05) is 0 Å². The van der Waals surface area contributed by atoms with E-state index >= 15 is 0 Å². The highest BCUT2D eigenvalue weighted by molar-refractivity contribution is 6.34. The Hall–Kier alpha value is -2.00. The van der Waals surface area contributed by atoms with Crippen LogP contribution in [-0.2, 0) is 0 Å². The average Bonchev–Trinajstić information content (AvgIpc) is 2.38. The minimum Gasteiger partial charge on any atom is -0.228 e. The van der Waals surface area contributed by atoms with E-state index in [4.69, 9.17) is 11.6 Å². The van der Waals surface area contributed by atoms with E-state index in [1.54, 1.807) is 0 Å². The van der Waals surface area contributed by atoms with Crippen molar-refractivity contribution in [2.45, 2.75) is 13.8 Å². The molecule has 0 saturated carbocycles. The Labute approximate surface area is 121 Å². The van der Waals surface area contributed by atoms with E-state index in [1.807, 2.05) is 38.1 Å². The molecule has 2 aromatic carbocycles. The molecule has 2 nitrogen and oxygen atoms in total. The number of rotatable bonds is 1. The first kappa shape index (κ1) is 13.0. The SMILES string of the molecule is Cc1cc(F)cc(-c2nc(Cl)c3cccc(C)c3n2)c1. The van der Waals surface area contributed by atoms with Gasteiger partial charge in [-0.1, -0.05) is 23.7 Å². The van der Waals surface area contributed by atoms with Gasteiger partial charge in [0.2, 0.25) is 0 Å². The second-order valence-electron chi connectivity index (χ2n) is 4.83. The minimum absolute atomic E-state index is 0.301. The molecule has 20 heavy (non-hydrogen) atoms. The van der Waals surface area contributed by atoms with Crippen molar-refractivity contribution in [1.29, 1.82) is 0 Å². The van der Waals surface area contributed by atoms with Crippen LogP contribution in [0.5, 0.6) is 0 Å². The predicted octanol–water partition coefficient (Wildman–Crippen LogP) is 4.71. The number of benzene rings is 2. The van der Waals surface area contributed by atoms with E-state index in [0.29, 0.717) is 16.5 Å². The summed E-state index contributed by atoms with van der Waals surface area (Å²) < 4.78 is 13.5. The predicted molar refractivity (Wildman–Crippen MR) is 79.4 cm³/mol. The Balaban J connectivity index is 2.29. The number of hydrogen-bond acceptors (Lipinski definition) is 2. The van der Waals surface area contributed by atoms with Gasteiger partial charge < -0.3 is 0 Å². The van der Waals surface area contributed by atoms with Crippen molar-refractivity contribution in [2.24, 2.45) is 0 Å². The molecule has 3 rings (SSSR count). The molecule has 0 radical (unpaired) electrons. The van der Waals surface area contributed by atoms with Gasteiger partial charge in [-0.15, -0.1) is 0 Å². The number of aryl methyl sites for hydroxylation is 2. The summed E-state index contributed by atoms with van der Waals surface area (Å²) in [5.41, 5.74) is 3.27. The highest BCUT2D eigenvalue weighted by atomic mass is 35.5. The van der Waals surface area contributed by atoms with E-state index in [-0.39, 0.29) is 5.82 Å². The number of para-hydroxylation sites is 1. The fourth-order valence-corrected chi connectivity index (χ4v) is 2.49.